The largest absolute Gasteiger partial charge is 0.456 e. The van der Waals surface area contributed by atoms with Crippen molar-refractivity contribution in [1.82, 2.24) is 0 Å². The molecule has 0 aliphatic carbocycles. The number of rotatable bonds is 6. The lowest BCUT2D eigenvalue weighted by molar-refractivity contribution is -0.900. The van der Waals surface area contributed by atoms with Crippen molar-refractivity contribution < 1.29 is 23.7 Å². The molecule has 1 N–H and O–H groups in total. The predicted molar refractivity (Wildman–Crippen MR) is 97.6 cm³/mol. The number of piperazine rings is 1. The Labute approximate surface area is 156 Å². The average molecular weight is 374 g/mol. The van der Waals surface area contributed by atoms with Gasteiger partial charge in [-0.05, 0) is 36.4 Å². The number of quaternary nitrogens is 1. The molecule has 3 rings (SSSR count). The van der Waals surface area contributed by atoms with Gasteiger partial charge in [-0.3, -0.25) is 10.1 Å². The number of nitrogens with zero attached hydrogens (tertiary/aromatic N) is 2. The minimum atomic E-state index is -0.445. The van der Waals surface area contributed by atoms with Gasteiger partial charge >= 0.3 is 5.97 Å². The Hall–Kier alpha value is -3.00. The van der Waals surface area contributed by atoms with Crippen molar-refractivity contribution in [3.63, 3.8) is 0 Å². The van der Waals surface area contributed by atoms with Crippen LogP contribution in [-0.4, -0.2) is 50.2 Å². The fourth-order valence-corrected chi connectivity index (χ4v) is 3.07. The predicted octanol–water partition coefficient (Wildman–Crippen LogP) is 1.30. The zero-order chi connectivity index (χ0) is 19.2. The maximum Gasteiger partial charge on any atom is 0.338 e. The van der Waals surface area contributed by atoms with Gasteiger partial charge in [-0.25, -0.2) is 9.18 Å². The molecule has 1 aliphatic heterocycles. The molecule has 142 valence electrons. The summed E-state index contributed by atoms with van der Waals surface area (Å²) in [4.78, 5) is 25.7. The summed E-state index contributed by atoms with van der Waals surface area (Å²) in [5, 5.41) is 10.7. The first-order valence-electron chi connectivity index (χ1n) is 8.78. The van der Waals surface area contributed by atoms with Crippen molar-refractivity contribution in [2.75, 3.05) is 44.2 Å². The van der Waals surface area contributed by atoms with Crippen LogP contribution in [0, 0.1) is 15.9 Å². The topological polar surface area (TPSA) is 77.1 Å². The maximum atomic E-state index is 12.9. The van der Waals surface area contributed by atoms with E-state index < -0.39 is 10.9 Å². The number of benzene rings is 2. The quantitative estimate of drug-likeness (QED) is 0.469. The van der Waals surface area contributed by atoms with Crippen LogP contribution in [0.15, 0.2) is 48.5 Å². The highest BCUT2D eigenvalue weighted by Gasteiger charge is 2.21. The molecule has 0 radical (unpaired) electrons. The summed E-state index contributed by atoms with van der Waals surface area (Å²) in [6.07, 6.45) is 0. The second-order valence-corrected chi connectivity index (χ2v) is 6.40. The van der Waals surface area contributed by atoms with Gasteiger partial charge in [0.15, 0.2) is 0 Å². The van der Waals surface area contributed by atoms with Crippen molar-refractivity contribution in [2.45, 2.75) is 0 Å². The Bertz CT molecular complexity index is 788. The highest BCUT2D eigenvalue weighted by atomic mass is 19.1. The first kappa shape index (κ1) is 18.8. The number of carbonyl (C=O) groups is 1. The molecular weight excluding hydrogens is 353 g/mol. The molecule has 0 saturated carbocycles. The SMILES string of the molecule is O=C(OCC[NH+]1CCN(c2ccc([N+](=O)[O-])cc2)CC1)c1ccc(F)cc1. The lowest BCUT2D eigenvalue weighted by Crippen LogP contribution is -3.15. The Balaban J connectivity index is 1.41. The van der Waals surface area contributed by atoms with Gasteiger partial charge < -0.3 is 14.5 Å². The molecule has 1 saturated heterocycles. The second kappa shape index (κ2) is 8.59. The zero-order valence-corrected chi connectivity index (χ0v) is 14.8. The number of anilines is 1. The van der Waals surface area contributed by atoms with Crippen LogP contribution in [0.5, 0.6) is 0 Å². The fourth-order valence-electron chi connectivity index (χ4n) is 3.07. The van der Waals surface area contributed by atoms with Crippen LogP contribution in [0.25, 0.3) is 0 Å². The standard InChI is InChI=1S/C19H20FN3O4/c20-16-3-1-15(2-4-16)19(24)27-14-13-21-9-11-22(12-10-21)17-5-7-18(8-6-17)23(25)26/h1-8H,9-14H2/p+1. The van der Waals surface area contributed by atoms with E-state index in [-0.39, 0.29) is 11.5 Å². The number of hydrogen-bond donors (Lipinski definition) is 1. The fraction of sp³-hybridized carbons (Fsp3) is 0.316. The van der Waals surface area contributed by atoms with Gasteiger partial charge in [0, 0.05) is 17.8 Å². The molecule has 0 amide bonds. The average Bonchev–Trinajstić information content (AvgIpc) is 2.69. The summed E-state index contributed by atoms with van der Waals surface area (Å²) < 4.78 is 18.1. The number of nitrogens with one attached hydrogen (secondary N) is 1. The van der Waals surface area contributed by atoms with Crippen LogP contribution in [0.2, 0.25) is 0 Å². The van der Waals surface area contributed by atoms with Crippen molar-refractivity contribution >= 4 is 17.3 Å². The van der Waals surface area contributed by atoms with E-state index in [9.17, 15) is 19.3 Å². The van der Waals surface area contributed by atoms with E-state index in [2.05, 4.69) is 4.90 Å². The lowest BCUT2D eigenvalue weighted by Gasteiger charge is -2.33. The molecule has 1 aliphatic rings. The molecule has 27 heavy (non-hydrogen) atoms. The summed E-state index contributed by atoms with van der Waals surface area (Å²) in [7, 11) is 0. The molecule has 0 bridgehead atoms. The van der Waals surface area contributed by atoms with Crippen LogP contribution < -0.4 is 9.80 Å². The molecule has 2 aromatic carbocycles. The van der Waals surface area contributed by atoms with Gasteiger partial charge in [0.2, 0.25) is 0 Å². The molecule has 0 aromatic heterocycles. The molecule has 0 spiro atoms. The van der Waals surface area contributed by atoms with E-state index in [1.54, 1.807) is 12.1 Å². The minimum Gasteiger partial charge on any atom is -0.456 e. The van der Waals surface area contributed by atoms with E-state index >= 15 is 0 Å². The van der Waals surface area contributed by atoms with E-state index in [1.165, 1.54) is 41.3 Å². The first-order chi connectivity index (χ1) is 13.0. The summed E-state index contributed by atoms with van der Waals surface area (Å²) in [5.74, 6) is -0.833. The Morgan fingerprint density at radius 2 is 1.74 bits per heavy atom. The van der Waals surface area contributed by atoms with E-state index in [0.717, 1.165) is 31.9 Å². The molecule has 8 heteroatoms. The molecule has 0 atom stereocenters. The van der Waals surface area contributed by atoms with Crippen molar-refractivity contribution in [1.29, 1.82) is 0 Å². The number of carbonyl (C=O) groups excluding carboxylic acids is 1. The summed E-state index contributed by atoms with van der Waals surface area (Å²) in [6, 6.07) is 11.9. The van der Waals surface area contributed by atoms with Gasteiger partial charge in [-0.2, -0.15) is 0 Å². The molecule has 1 heterocycles. The third-order valence-corrected chi connectivity index (χ3v) is 4.66. The van der Waals surface area contributed by atoms with Gasteiger partial charge in [0.05, 0.1) is 36.7 Å². The van der Waals surface area contributed by atoms with Gasteiger partial charge in [0.25, 0.3) is 5.69 Å². The Morgan fingerprint density at radius 1 is 1.11 bits per heavy atom. The molecule has 1 fully saturated rings. The Morgan fingerprint density at radius 3 is 2.33 bits per heavy atom. The number of nitro benzene ring substituents is 1. The molecule has 7 nitrogen and oxygen atoms in total. The zero-order valence-electron chi connectivity index (χ0n) is 14.8. The van der Waals surface area contributed by atoms with Crippen LogP contribution in [0.4, 0.5) is 15.8 Å². The third kappa shape index (κ3) is 5.01. The van der Waals surface area contributed by atoms with Crippen LogP contribution in [0.3, 0.4) is 0 Å². The maximum absolute atomic E-state index is 12.9. The number of esters is 1. The number of hydrogen-bond acceptors (Lipinski definition) is 5. The molecule has 2 aromatic rings. The van der Waals surface area contributed by atoms with Crippen molar-refractivity contribution in [3.05, 3.63) is 70.0 Å². The minimum absolute atomic E-state index is 0.0889. The number of halogens is 1. The third-order valence-electron chi connectivity index (χ3n) is 4.66. The summed E-state index contributed by atoms with van der Waals surface area (Å²) >= 11 is 0. The van der Waals surface area contributed by atoms with Crippen LogP contribution >= 0.6 is 0 Å². The Kier molecular flexibility index (Phi) is 5.97. The second-order valence-electron chi connectivity index (χ2n) is 6.40. The first-order valence-corrected chi connectivity index (χ1v) is 8.78. The lowest BCUT2D eigenvalue weighted by atomic mass is 10.2. The number of nitro groups is 1. The number of ether oxygens (including phenoxy) is 1. The normalized spacial score (nSPS) is 14.8. The van der Waals surface area contributed by atoms with E-state index in [4.69, 9.17) is 4.74 Å². The van der Waals surface area contributed by atoms with Crippen LogP contribution in [-0.2, 0) is 4.74 Å². The monoisotopic (exact) mass is 374 g/mol. The molecule has 0 unspecified atom stereocenters. The van der Waals surface area contributed by atoms with Crippen molar-refractivity contribution in [2.24, 2.45) is 0 Å². The summed E-state index contributed by atoms with van der Waals surface area (Å²) in [5.41, 5.74) is 1.41. The smallest absolute Gasteiger partial charge is 0.338 e. The van der Waals surface area contributed by atoms with Gasteiger partial charge in [-0.1, -0.05) is 0 Å². The summed E-state index contributed by atoms with van der Waals surface area (Å²) in [6.45, 7) is 4.47. The van der Waals surface area contributed by atoms with E-state index in [0.29, 0.717) is 18.7 Å². The highest BCUT2D eigenvalue weighted by molar-refractivity contribution is 5.89. The number of non-ortho nitro benzene ring substituents is 1. The highest BCUT2D eigenvalue weighted by Crippen LogP contribution is 2.19. The van der Waals surface area contributed by atoms with Crippen LogP contribution in [0.1, 0.15) is 10.4 Å². The van der Waals surface area contributed by atoms with E-state index in [1.807, 2.05) is 0 Å². The molecular formula is C19H21FN3O4+. The van der Waals surface area contributed by atoms with Gasteiger partial charge in [-0.15, -0.1) is 0 Å². The van der Waals surface area contributed by atoms with Crippen molar-refractivity contribution in [3.8, 4) is 0 Å². The van der Waals surface area contributed by atoms with Gasteiger partial charge in [0.1, 0.15) is 19.0 Å².